The Morgan fingerprint density at radius 2 is 2.17 bits per heavy atom. The number of halogens is 2. The van der Waals surface area contributed by atoms with Gasteiger partial charge in [-0.3, -0.25) is 9.69 Å². The fourth-order valence-electron chi connectivity index (χ4n) is 3.12. The smallest absolute Gasteiger partial charge is 0.244 e. The molecule has 0 radical (unpaired) electrons. The number of carbonyl (C=O) groups is 1. The Hall–Kier alpha value is -2.35. The van der Waals surface area contributed by atoms with E-state index in [1.54, 1.807) is 13.0 Å². The van der Waals surface area contributed by atoms with Crippen molar-refractivity contribution in [2.75, 3.05) is 13.6 Å². The second-order valence-corrected chi connectivity index (χ2v) is 6.05. The zero-order valence-electron chi connectivity index (χ0n) is 13.5. The van der Waals surface area contributed by atoms with Gasteiger partial charge in [-0.25, -0.2) is 18.4 Å². The van der Waals surface area contributed by atoms with Gasteiger partial charge in [-0.2, -0.15) is 5.10 Å². The lowest BCUT2D eigenvalue weighted by atomic mass is 9.99. The quantitative estimate of drug-likeness (QED) is 0.923. The average molecular weight is 335 g/mol. The molecule has 1 aromatic carbocycles. The maximum atomic E-state index is 13.6. The summed E-state index contributed by atoms with van der Waals surface area (Å²) in [7, 11) is 1.90. The van der Waals surface area contributed by atoms with Crippen LogP contribution >= 0.6 is 0 Å². The molecule has 24 heavy (non-hydrogen) atoms. The van der Waals surface area contributed by atoms with Crippen molar-refractivity contribution in [3.8, 4) is 0 Å². The first-order valence-corrected chi connectivity index (χ1v) is 7.77. The highest BCUT2D eigenvalue weighted by atomic mass is 19.2. The van der Waals surface area contributed by atoms with Crippen molar-refractivity contribution in [3.05, 3.63) is 48.1 Å². The molecule has 2 heterocycles. The van der Waals surface area contributed by atoms with Crippen LogP contribution in [-0.2, 0) is 4.79 Å². The normalized spacial score (nSPS) is 22.5. The van der Waals surface area contributed by atoms with Gasteiger partial charge < -0.3 is 5.32 Å². The summed E-state index contributed by atoms with van der Waals surface area (Å²) in [4.78, 5) is 18.3. The summed E-state index contributed by atoms with van der Waals surface area (Å²) in [5.74, 6) is -1.94. The molecule has 0 aliphatic carbocycles. The minimum atomic E-state index is -0.881. The summed E-state index contributed by atoms with van der Waals surface area (Å²) in [5, 5.41) is 6.96. The van der Waals surface area contributed by atoms with E-state index in [0.717, 1.165) is 19.0 Å². The van der Waals surface area contributed by atoms with Crippen molar-refractivity contribution in [2.24, 2.45) is 0 Å². The Kier molecular flexibility index (Phi) is 4.57. The topological polar surface area (TPSA) is 63.1 Å². The lowest BCUT2D eigenvalue weighted by Crippen LogP contribution is -2.42. The van der Waals surface area contributed by atoms with Gasteiger partial charge in [0.2, 0.25) is 5.91 Å². The first-order chi connectivity index (χ1) is 11.5. The van der Waals surface area contributed by atoms with E-state index in [9.17, 15) is 13.6 Å². The number of likely N-dealkylation sites (tertiary alicyclic amines) is 1. The molecule has 0 unspecified atom stereocenters. The molecule has 1 N–H and O–H groups in total. The van der Waals surface area contributed by atoms with E-state index in [2.05, 4.69) is 15.4 Å². The standard InChI is InChI=1S/C16H19F2N5O/c1-10(23-9-19-8-20-23)16(24)21-14-5-6-22(2)15(14)11-3-4-12(17)13(18)7-11/h3-4,7-10,14-15H,5-6H2,1-2H3,(H,21,24)/t10-,14+,15+/m1/s1. The van der Waals surface area contributed by atoms with Crippen molar-refractivity contribution in [3.63, 3.8) is 0 Å². The van der Waals surface area contributed by atoms with Crippen molar-refractivity contribution < 1.29 is 13.6 Å². The van der Waals surface area contributed by atoms with Crippen LogP contribution < -0.4 is 5.32 Å². The highest BCUT2D eigenvalue weighted by Crippen LogP contribution is 2.32. The molecule has 128 valence electrons. The molecule has 8 heteroatoms. The van der Waals surface area contributed by atoms with Gasteiger partial charge in [0.25, 0.3) is 0 Å². The number of rotatable bonds is 4. The molecule has 1 aliphatic heterocycles. The van der Waals surface area contributed by atoms with Gasteiger partial charge in [0.1, 0.15) is 18.7 Å². The number of carbonyl (C=O) groups excluding carboxylic acids is 1. The molecule has 3 atom stereocenters. The van der Waals surface area contributed by atoms with Gasteiger partial charge in [0.05, 0.1) is 6.04 Å². The molecule has 1 amide bonds. The summed E-state index contributed by atoms with van der Waals surface area (Å²) in [6.07, 6.45) is 3.59. The summed E-state index contributed by atoms with van der Waals surface area (Å²) >= 11 is 0. The van der Waals surface area contributed by atoms with Crippen LogP contribution in [-0.4, -0.2) is 45.2 Å². The van der Waals surface area contributed by atoms with Gasteiger partial charge in [-0.15, -0.1) is 0 Å². The van der Waals surface area contributed by atoms with Crippen LogP contribution in [0.5, 0.6) is 0 Å². The number of aromatic nitrogens is 3. The van der Waals surface area contributed by atoms with E-state index in [1.165, 1.54) is 23.4 Å². The number of hydrogen-bond donors (Lipinski definition) is 1. The van der Waals surface area contributed by atoms with Gasteiger partial charge in [0.15, 0.2) is 11.6 Å². The molecule has 0 spiro atoms. The number of benzene rings is 1. The summed E-state index contributed by atoms with van der Waals surface area (Å²) < 4.78 is 28.2. The van der Waals surface area contributed by atoms with Gasteiger partial charge in [-0.1, -0.05) is 6.07 Å². The molecular weight excluding hydrogens is 316 g/mol. The highest BCUT2D eigenvalue weighted by Gasteiger charge is 2.35. The molecule has 6 nitrogen and oxygen atoms in total. The van der Waals surface area contributed by atoms with E-state index in [1.807, 2.05) is 11.9 Å². The minimum Gasteiger partial charge on any atom is -0.350 e. The Bertz CT molecular complexity index is 721. The van der Waals surface area contributed by atoms with E-state index >= 15 is 0 Å². The largest absolute Gasteiger partial charge is 0.350 e. The molecule has 1 saturated heterocycles. The molecule has 1 aromatic heterocycles. The third-order valence-electron chi connectivity index (χ3n) is 4.47. The molecule has 1 fully saturated rings. The third kappa shape index (κ3) is 3.14. The molecule has 1 aliphatic rings. The number of nitrogens with one attached hydrogen (secondary N) is 1. The SMILES string of the molecule is C[C@H](C(=O)N[C@H]1CCN(C)[C@H]1c1ccc(F)c(F)c1)n1cncn1. The Labute approximate surface area is 138 Å². The van der Waals surface area contributed by atoms with Crippen LogP contribution in [0, 0.1) is 11.6 Å². The van der Waals surface area contributed by atoms with Crippen molar-refractivity contribution in [1.82, 2.24) is 25.0 Å². The third-order valence-corrected chi connectivity index (χ3v) is 4.47. The Morgan fingerprint density at radius 3 is 2.83 bits per heavy atom. The molecule has 2 aromatic rings. The highest BCUT2D eigenvalue weighted by molar-refractivity contribution is 5.80. The van der Waals surface area contributed by atoms with Gasteiger partial charge >= 0.3 is 0 Å². The first-order valence-electron chi connectivity index (χ1n) is 7.77. The summed E-state index contributed by atoms with van der Waals surface area (Å²) in [6.45, 7) is 2.49. The minimum absolute atomic E-state index is 0.182. The molecule has 3 rings (SSSR count). The van der Waals surface area contributed by atoms with Crippen LogP contribution in [0.3, 0.4) is 0 Å². The zero-order chi connectivity index (χ0) is 17.3. The lowest BCUT2D eigenvalue weighted by molar-refractivity contribution is -0.125. The number of hydrogen-bond acceptors (Lipinski definition) is 4. The maximum Gasteiger partial charge on any atom is 0.244 e. The van der Waals surface area contributed by atoms with Crippen LogP contribution in [0.25, 0.3) is 0 Å². The molecule has 0 saturated carbocycles. The van der Waals surface area contributed by atoms with Gasteiger partial charge in [0, 0.05) is 12.6 Å². The van der Waals surface area contributed by atoms with Crippen molar-refractivity contribution in [2.45, 2.75) is 31.5 Å². The second-order valence-electron chi connectivity index (χ2n) is 6.05. The second kappa shape index (κ2) is 6.64. The average Bonchev–Trinajstić information content (AvgIpc) is 3.20. The number of amides is 1. The fraction of sp³-hybridized carbons (Fsp3) is 0.438. The van der Waals surface area contributed by atoms with Crippen LogP contribution in [0.15, 0.2) is 30.9 Å². The van der Waals surface area contributed by atoms with Crippen LogP contribution in [0.4, 0.5) is 8.78 Å². The molecular formula is C16H19F2N5O. The Morgan fingerprint density at radius 1 is 1.38 bits per heavy atom. The zero-order valence-corrected chi connectivity index (χ0v) is 13.5. The monoisotopic (exact) mass is 335 g/mol. The van der Waals surface area contributed by atoms with Crippen LogP contribution in [0.2, 0.25) is 0 Å². The van der Waals surface area contributed by atoms with E-state index in [-0.39, 0.29) is 18.0 Å². The van der Waals surface area contributed by atoms with Gasteiger partial charge in [-0.05, 0) is 38.1 Å². The summed E-state index contributed by atoms with van der Waals surface area (Å²) in [6, 6.07) is 3.00. The summed E-state index contributed by atoms with van der Waals surface area (Å²) in [5.41, 5.74) is 0.646. The van der Waals surface area contributed by atoms with E-state index in [4.69, 9.17) is 0 Å². The van der Waals surface area contributed by atoms with Crippen molar-refractivity contribution in [1.29, 1.82) is 0 Å². The predicted molar refractivity (Wildman–Crippen MR) is 83.0 cm³/mol. The maximum absolute atomic E-state index is 13.6. The van der Waals surface area contributed by atoms with Crippen molar-refractivity contribution >= 4 is 5.91 Å². The predicted octanol–water partition coefficient (Wildman–Crippen LogP) is 1.68. The Balaban J connectivity index is 1.76. The van der Waals surface area contributed by atoms with Crippen LogP contribution in [0.1, 0.15) is 31.0 Å². The first kappa shape index (κ1) is 16.5. The lowest BCUT2D eigenvalue weighted by Gasteiger charge is -2.27. The number of nitrogens with zero attached hydrogens (tertiary/aromatic N) is 4. The number of likely N-dealkylation sites (N-methyl/N-ethyl adjacent to an activating group) is 1. The fourth-order valence-corrected chi connectivity index (χ4v) is 3.12. The van der Waals surface area contributed by atoms with E-state index in [0.29, 0.717) is 5.56 Å². The molecule has 0 bridgehead atoms. The van der Waals surface area contributed by atoms with E-state index < -0.39 is 17.7 Å².